The van der Waals surface area contributed by atoms with Crippen molar-refractivity contribution in [3.8, 4) is 76.0 Å². The Hall–Kier alpha value is -9.15. The summed E-state index contributed by atoms with van der Waals surface area (Å²) < 4.78 is 125. The Bertz CT molecular complexity index is 3340. The van der Waals surface area contributed by atoms with Gasteiger partial charge in [0, 0.05) is 95.2 Å². The molecule has 0 radical (unpaired) electrons. The third kappa shape index (κ3) is 49.1. The summed E-state index contributed by atoms with van der Waals surface area (Å²) >= 11 is 0. The molecule has 0 aliphatic heterocycles. The van der Waals surface area contributed by atoms with E-state index in [1.807, 2.05) is 136 Å². The van der Waals surface area contributed by atoms with Crippen LogP contribution in [0.1, 0.15) is 74.9 Å². The molecule has 0 fully saturated rings. The standard InChI is InChI=1S/C21H13N5O2.2C12H12N2.C4H10O.4C2H3N.2F6P.Ru/c27-26(28)19-11-8-16(9-12-19)6-7-17-10-13-20(22-14-17)21-15-25(24-23-21)18-4-2-1-3-5-18;2*1-9-3-5-13-11(7-9)12-8-10(2)4-6-14-12;1-3-5-4-2;4*1-2-3;2*1-7(2,3,4,5)6;/h1-5,8-15H;2*3-8H,1-2H3;3-4H2,1-2H3;4*1H3;;;/q;;;;;;;;2*-1;+2. The molecule has 6 aromatic heterocycles. The summed E-state index contributed by atoms with van der Waals surface area (Å²) in [6, 6.07) is 42.6. The molecule has 0 spiro atoms. The summed E-state index contributed by atoms with van der Waals surface area (Å²) in [5, 5.41) is 48.2. The minimum absolute atomic E-state index is 0. The first-order valence-corrected chi connectivity index (χ1v) is 28.6. The predicted octanol–water partition coefficient (Wildman–Crippen LogP) is 19.1. The first kappa shape index (κ1) is 83.1. The fourth-order valence-electron chi connectivity index (χ4n) is 5.43. The van der Waals surface area contributed by atoms with E-state index in [4.69, 9.17) is 25.8 Å². The van der Waals surface area contributed by atoms with Crippen LogP contribution in [0.3, 0.4) is 0 Å². The second-order valence-corrected chi connectivity index (χ2v) is 20.2. The molecule has 6 heterocycles. The Balaban J connectivity index is -0.00000103. The van der Waals surface area contributed by atoms with Gasteiger partial charge in [0.2, 0.25) is 0 Å². The minimum Gasteiger partial charge on any atom is -0.258 e. The molecule has 0 aliphatic carbocycles. The molecule has 31 heteroatoms. The average molecular weight is 1370 g/mol. The zero-order valence-corrected chi connectivity index (χ0v) is 52.2. The second-order valence-electron chi connectivity index (χ2n) is 16.3. The topological polar surface area (TPSA) is 243 Å². The van der Waals surface area contributed by atoms with Crippen LogP contribution in [-0.4, -0.2) is 58.1 Å². The molecular weight excluding hydrogens is 1310 g/mol. The number of pyridine rings is 5. The molecule has 8 rings (SSSR count). The molecule has 2 aromatic carbocycles. The number of hydrogen-bond donors (Lipinski definition) is 0. The van der Waals surface area contributed by atoms with Crippen LogP contribution in [0, 0.1) is 95.0 Å². The average Bonchev–Trinajstić information content (AvgIpc) is 3.75. The largest absolute Gasteiger partial charge is 2.00 e. The van der Waals surface area contributed by atoms with Crippen molar-refractivity contribution < 1.29 is 79.5 Å². The van der Waals surface area contributed by atoms with Crippen molar-refractivity contribution in [3.63, 3.8) is 0 Å². The van der Waals surface area contributed by atoms with Crippen LogP contribution in [0.4, 0.5) is 56.1 Å². The van der Waals surface area contributed by atoms with Crippen LogP contribution in [0.2, 0.25) is 0 Å². The normalized spacial score (nSPS) is 11.0. The molecule has 0 N–H and O–H groups in total. The molecule has 0 bridgehead atoms. The van der Waals surface area contributed by atoms with Gasteiger partial charge in [-0.3, -0.25) is 35.0 Å². The van der Waals surface area contributed by atoms with Crippen molar-refractivity contribution in [3.05, 3.63) is 196 Å². The monoisotopic (exact) mass is 1370 g/mol. The number of aromatic nitrogens is 8. The van der Waals surface area contributed by atoms with E-state index in [9.17, 15) is 60.5 Å². The predicted molar refractivity (Wildman–Crippen MR) is 312 cm³/mol. The van der Waals surface area contributed by atoms with Gasteiger partial charge in [0.15, 0.2) is 0 Å². The maximum atomic E-state index is 10.7. The van der Waals surface area contributed by atoms with Gasteiger partial charge in [-0.25, -0.2) is 4.68 Å². The number of benzene rings is 2. The fourth-order valence-corrected chi connectivity index (χ4v) is 5.43. The number of nitro benzene ring substituents is 1. The number of rotatable bonds is 7. The van der Waals surface area contributed by atoms with Gasteiger partial charge < -0.3 is 4.74 Å². The number of nitrogens with zero attached hydrogens (tertiary/aromatic N) is 13. The number of para-hydroxylation sites is 1. The number of nitro groups is 1. The summed E-state index contributed by atoms with van der Waals surface area (Å²) in [4.78, 5) is 31.8. The quantitative estimate of drug-likeness (QED) is 0.0360. The van der Waals surface area contributed by atoms with Gasteiger partial charge in [0.1, 0.15) is 5.69 Å². The summed E-state index contributed by atoms with van der Waals surface area (Å²) in [6.07, 6.45) is 10.7. The van der Waals surface area contributed by atoms with Gasteiger partial charge in [0.25, 0.3) is 5.69 Å². The van der Waals surface area contributed by atoms with E-state index < -0.39 is 20.5 Å². The maximum Gasteiger partial charge on any atom is 2.00 e. The van der Waals surface area contributed by atoms with Crippen molar-refractivity contribution in [2.75, 3.05) is 13.2 Å². The smallest absolute Gasteiger partial charge is 0.258 e. The van der Waals surface area contributed by atoms with Crippen LogP contribution in [-0.2, 0) is 24.2 Å². The molecule has 8 aromatic rings. The first-order valence-electron chi connectivity index (χ1n) is 24.5. The summed E-state index contributed by atoms with van der Waals surface area (Å²) in [6.45, 7) is 19.6. The molecule has 0 atom stereocenters. The molecule has 0 amide bonds. The third-order valence-corrected chi connectivity index (χ3v) is 8.56. The number of hydrogen-bond acceptors (Lipinski definition) is 14. The van der Waals surface area contributed by atoms with Gasteiger partial charge in [-0.2, -0.15) is 21.0 Å². The molecule has 0 aliphatic rings. The van der Waals surface area contributed by atoms with E-state index in [1.54, 1.807) is 47.3 Å². The van der Waals surface area contributed by atoms with Crippen molar-refractivity contribution in [2.24, 2.45) is 0 Å². The summed E-state index contributed by atoms with van der Waals surface area (Å²) in [7, 11) is -21.3. The van der Waals surface area contributed by atoms with Gasteiger partial charge in [0.05, 0.1) is 69.6 Å². The maximum absolute atomic E-state index is 10.7. The first-order chi connectivity index (χ1) is 40.2. The van der Waals surface area contributed by atoms with E-state index >= 15 is 0 Å². The number of ether oxygens (including phenoxy) is 1. The Labute approximate surface area is 514 Å². The molecule has 0 saturated heterocycles. The van der Waals surface area contributed by atoms with Crippen molar-refractivity contribution in [1.82, 2.24) is 39.9 Å². The van der Waals surface area contributed by atoms with Crippen molar-refractivity contribution in [2.45, 2.75) is 69.2 Å². The molecule has 0 unspecified atom stereocenters. The Morgan fingerprint density at radius 2 is 0.807 bits per heavy atom. The van der Waals surface area contributed by atoms with Crippen LogP contribution < -0.4 is 0 Å². The molecule has 16 nitrogen and oxygen atoms in total. The number of nitriles is 4. The third-order valence-electron chi connectivity index (χ3n) is 8.56. The number of non-ortho nitro benzene ring substituents is 1. The summed E-state index contributed by atoms with van der Waals surface area (Å²) in [5.74, 6) is 5.96. The van der Waals surface area contributed by atoms with Gasteiger partial charge >= 0.3 is 85.5 Å². The van der Waals surface area contributed by atoms with Crippen molar-refractivity contribution >= 4 is 21.3 Å². The Morgan fingerprint density at radius 3 is 1.08 bits per heavy atom. The second kappa shape index (κ2) is 38.1. The number of aryl methyl sites for hydroxylation is 4. The van der Waals surface area contributed by atoms with Gasteiger partial charge in [-0.05, 0) is 149 Å². The molecule has 0 saturated carbocycles. The Kier molecular flexibility index (Phi) is 36.0. The van der Waals surface area contributed by atoms with E-state index in [2.05, 4.69) is 74.8 Å². The van der Waals surface area contributed by atoms with Crippen LogP contribution in [0.25, 0.3) is 39.9 Å². The molecule has 472 valence electrons. The van der Waals surface area contributed by atoms with Crippen LogP contribution >= 0.6 is 15.6 Å². The van der Waals surface area contributed by atoms with E-state index in [0.29, 0.717) is 17.0 Å². The van der Waals surface area contributed by atoms with Crippen LogP contribution in [0.15, 0.2) is 152 Å². The minimum atomic E-state index is -10.7. The van der Waals surface area contributed by atoms with Gasteiger partial charge in [-0.15, -0.1) is 5.10 Å². The van der Waals surface area contributed by atoms with Crippen LogP contribution in [0.5, 0.6) is 0 Å². The molecule has 88 heavy (non-hydrogen) atoms. The zero-order chi connectivity index (χ0) is 67.0. The zero-order valence-electron chi connectivity index (χ0n) is 48.7. The summed E-state index contributed by atoms with van der Waals surface area (Å²) in [5.41, 5.74) is 12.3. The van der Waals surface area contributed by atoms with E-state index in [1.165, 1.54) is 62.1 Å². The SMILES string of the molecule is CC#N.CC#N.CC#N.CC#N.CCOCC.Cc1ccnc(-c2cc(C)ccn2)c1.Cc1ccnc(-c2cc(C)ccn2)c1.F[P-](F)(F)(F)(F)F.F[P-](F)(F)(F)(F)F.O=[N+]([O-])c1ccc(C#Cc2ccc(-c3cn(-c4ccccc4)nn3)nc2)cc1.[Ru+2]. The Morgan fingerprint density at radius 1 is 0.489 bits per heavy atom. The number of halogens is 12. The van der Waals surface area contributed by atoms with Crippen molar-refractivity contribution in [1.29, 1.82) is 21.0 Å². The fraction of sp³-hybridized carbons (Fsp3) is 0.211. The van der Waals surface area contributed by atoms with E-state index in [0.717, 1.165) is 47.2 Å². The molecular formula is C57H59F12N13O3P2Ru. The van der Waals surface area contributed by atoms with Gasteiger partial charge in [-0.1, -0.05) is 35.3 Å². The van der Waals surface area contributed by atoms with E-state index in [-0.39, 0.29) is 25.2 Å².